The number of carbonyl (C=O) groups is 2. The molecule has 0 aliphatic rings. The predicted octanol–water partition coefficient (Wildman–Crippen LogP) is 2.49. The third-order valence-electron chi connectivity index (χ3n) is 2.85. The molecule has 0 bridgehead atoms. The highest BCUT2D eigenvalue weighted by molar-refractivity contribution is 6.00. The second-order valence-corrected chi connectivity index (χ2v) is 4.40. The Hall–Kier alpha value is -2.76. The maximum atomic E-state index is 13.2. The van der Waals surface area contributed by atoms with Gasteiger partial charge in [-0.2, -0.15) is 0 Å². The van der Waals surface area contributed by atoms with Crippen LogP contribution >= 0.6 is 0 Å². The van der Waals surface area contributed by atoms with Crippen LogP contribution in [0, 0.1) is 5.82 Å². The monoisotopic (exact) mass is 288 g/mol. The van der Waals surface area contributed by atoms with Crippen molar-refractivity contribution < 1.29 is 19.1 Å². The van der Waals surface area contributed by atoms with Crippen molar-refractivity contribution in [3.63, 3.8) is 0 Å². The molecule has 0 spiro atoms. The van der Waals surface area contributed by atoms with Crippen LogP contribution in [0.25, 0.3) is 0 Å². The standard InChI is InChI=1S/C15H13FN2O3/c16-11-4-5-12(15(20)21)13(8-11)18-14(19)6-3-10-2-1-7-17-9-10/h1-2,4-5,7-9H,3,6H2,(H,18,19)(H,20,21). The zero-order valence-electron chi connectivity index (χ0n) is 11.0. The van der Waals surface area contributed by atoms with Gasteiger partial charge in [0.15, 0.2) is 0 Å². The van der Waals surface area contributed by atoms with E-state index in [-0.39, 0.29) is 23.6 Å². The molecule has 0 atom stereocenters. The number of hydrogen-bond acceptors (Lipinski definition) is 3. The van der Waals surface area contributed by atoms with Gasteiger partial charge in [-0.3, -0.25) is 9.78 Å². The van der Waals surface area contributed by atoms with Crippen molar-refractivity contribution in [2.75, 3.05) is 5.32 Å². The Balaban J connectivity index is 2.02. The van der Waals surface area contributed by atoms with E-state index >= 15 is 0 Å². The van der Waals surface area contributed by atoms with Crippen molar-refractivity contribution in [1.29, 1.82) is 0 Å². The first-order valence-corrected chi connectivity index (χ1v) is 6.28. The van der Waals surface area contributed by atoms with Gasteiger partial charge in [-0.1, -0.05) is 6.07 Å². The quantitative estimate of drug-likeness (QED) is 0.886. The average molecular weight is 288 g/mol. The summed E-state index contributed by atoms with van der Waals surface area (Å²) in [5, 5.41) is 11.4. The summed E-state index contributed by atoms with van der Waals surface area (Å²) in [6.45, 7) is 0. The molecule has 2 rings (SSSR count). The summed E-state index contributed by atoms with van der Waals surface area (Å²) in [5.41, 5.74) is 0.704. The summed E-state index contributed by atoms with van der Waals surface area (Å²) in [6.07, 6.45) is 3.91. The fourth-order valence-electron chi connectivity index (χ4n) is 1.82. The lowest BCUT2D eigenvalue weighted by molar-refractivity contribution is -0.116. The van der Waals surface area contributed by atoms with E-state index in [0.29, 0.717) is 6.42 Å². The van der Waals surface area contributed by atoms with Crippen LogP contribution in [0.4, 0.5) is 10.1 Å². The van der Waals surface area contributed by atoms with Crippen LogP contribution in [0.5, 0.6) is 0 Å². The Morgan fingerprint density at radius 1 is 1.29 bits per heavy atom. The largest absolute Gasteiger partial charge is 0.478 e. The first-order valence-electron chi connectivity index (χ1n) is 6.28. The van der Waals surface area contributed by atoms with Gasteiger partial charge in [0, 0.05) is 18.8 Å². The van der Waals surface area contributed by atoms with Crippen LogP contribution in [0.3, 0.4) is 0 Å². The first kappa shape index (κ1) is 14.6. The molecule has 0 aliphatic heterocycles. The Labute approximate surface area is 120 Å². The number of benzene rings is 1. The van der Waals surface area contributed by atoms with Crippen molar-refractivity contribution in [2.24, 2.45) is 0 Å². The molecule has 0 radical (unpaired) electrons. The van der Waals surface area contributed by atoms with Gasteiger partial charge >= 0.3 is 5.97 Å². The Kier molecular flexibility index (Phi) is 4.61. The van der Waals surface area contributed by atoms with E-state index < -0.39 is 11.8 Å². The van der Waals surface area contributed by atoms with Crippen LogP contribution in [0.2, 0.25) is 0 Å². The molecule has 0 saturated heterocycles. The van der Waals surface area contributed by atoms with Crippen molar-refractivity contribution >= 4 is 17.6 Å². The number of aryl methyl sites for hydroxylation is 1. The molecule has 0 aliphatic carbocycles. The normalized spacial score (nSPS) is 10.1. The number of aromatic carboxylic acids is 1. The Bertz CT molecular complexity index is 659. The molecule has 1 aromatic heterocycles. The van der Waals surface area contributed by atoms with Gasteiger partial charge in [-0.05, 0) is 36.2 Å². The molecule has 0 saturated carbocycles. The highest BCUT2D eigenvalue weighted by atomic mass is 19.1. The number of nitrogens with one attached hydrogen (secondary N) is 1. The molecule has 0 fully saturated rings. The number of carboxylic acid groups (broad SMARTS) is 1. The number of amides is 1. The molecule has 2 aromatic rings. The third kappa shape index (κ3) is 4.10. The molecule has 6 heteroatoms. The number of halogens is 1. The van der Waals surface area contributed by atoms with Gasteiger partial charge in [0.2, 0.25) is 5.91 Å². The SMILES string of the molecule is O=C(CCc1cccnc1)Nc1cc(F)ccc1C(=O)O. The second kappa shape index (κ2) is 6.60. The number of rotatable bonds is 5. The van der Waals surface area contributed by atoms with E-state index in [4.69, 9.17) is 5.11 Å². The molecule has 1 aromatic carbocycles. The minimum atomic E-state index is -1.22. The van der Waals surface area contributed by atoms with E-state index in [1.165, 1.54) is 0 Å². The van der Waals surface area contributed by atoms with Crippen LogP contribution in [0.1, 0.15) is 22.3 Å². The van der Waals surface area contributed by atoms with Crippen molar-refractivity contribution in [3.8, 4) is 0 Å². The number of carboxylic acids is 1. The van der Waals surface area contributed by atoms with E-state index in [1.807, 2.05) is 6.07 Å². The number of aromatic nitrogens is 1. The average Bonchev–Trinajstić information content (AvgIpc) is 2.46. The number of hydrogen-bond donors (Lipinski definition) is 2. The Morgan fingerprint density at radius 2 is 2.10 bits per heavy atom. The summed E-state index contributed by atoms with van der Waals surface area (Å²) in [5.74, 6) is -2.22. The summed E-state index contributed by atoms with van der Waals surface area (Å²) >= 11 is 0. The lowest BCUT2D eigenvalue weighted by atomic mass is 10.1. The fraction of sp³-hybridized carbons (Fsp3) is 0.133. The van der Waals surface area contributed by atoms with Crippen molar-refractivity contribution in [2.45, 2.75) is 12.8 Å². The van der Waals surface area contributed by atoms with Gasteiger partial charge < -0.3 is 10.4 Å². The van der Waals surface area contributed by atoms with Gasteiger partial charge in [-0.15, -0.1) is 0 Å². The highest BCUT2D eigenvalue weighted by Gasteiger charge is 2.13. The number of nitrogens with zero attached hydrogens (tertiary/aromatic N) is 1. The predicted molar refractivity (Wildman–Crippen MR) is 74.5 cm³/mol. The molecular formula is C15H13FN2O3. The number of pyridine rings is 1. The van der Waals surface area contributed by atoms with Crippen molar-refractivity contribution in [3.05, 3.63) is 59.7 Å². The molecule has 21 heavy (non-hydrogen) atoms. The third-order valence-corrected chi connectivity index (χ3v) is 2.85. The molecular weight excluding hydrogens is 275 g/mol. The van der Waals surface area contributed by atoms with Crippen LogP contribution in [-0.4, -0.2) is 22.0 Å². The summed E-state index contributed by atoms with van der Waals surface area (Å²) in [4.78, 5) is 26.8. The second-order valence-electron chi connectivity index (χ2n) is 4.40. The molecule has 0 unspecified atom stereocenters. The fourth-order valence-corrected chi connectivity index (χ4v) is 1.82. The minimum absolute atomic E-state index is 0.0429. The van der Waals surface area contributed by atoms with Crippen LogP contribution < -0.4 is 5.32 Å². The molecule has 5 nitrogen and oxygen atoms in total. The maximum absolute atomic E-state index is 13.2. The lowest BCUT2D eigenvalue weighted by Crippen LogP contribution is -2.15. The Morgan fingerprint density at radius 3 is 2.76 bits per heavy atom. The van der Waals surface area contributed by atoms with E-state index in [0.717, 1.165) is 23.8 Å². The van der Waals surface area contributed by atoms with Gasteiger partial charge in [0.25, 0.3) is 0 Å². The smallest absolute Gasteiger partial charge is 0.337 e. The van der Waals surface area contributed by atoms with E-state index in [2.05, 4.69) is 10.3 Å². The minimum Gasteiger partial charge on any atom is -0.478 e. The summed E-state index contributed by atoms with van der Waals surface area (Å²) in [6, 6.07) is 6.75. The summed E-state index contributed by atoms with van der Waals surface area (Å²) in [7, 11) is 0. The summed E-state index contributed by atoms with van der Waals surface area (Å²) < 4.78 is 13.2. The van der Waals surface area contributed by atoms with E-state index in [1.54, 1.807) is 18.5 Å². The zero-order chi connectivity index (χ0) is 15.2. The maximum Gasteiger partial charge on any atom is 0.337 e. The highest BCUT2D eigenvalue weighted by Crippen LogP contribution is 2.17. The van der Waals surface area contributed by atoms with Gasteiger partial charge in [0.05, 0.1) is 11.3 Å². The number of carbonyl (C=O) groups excluding carboxylic acids is 1. The number of anilines is 1. The lowest BCUT2D eigenvalue weighted by Gasteiger charge is -2.08. The zero-order valence-corrected chi connectivity index (χ0v) is 11.0. The molecule has 108 valence electrons. The molecule has 1 amide bonds. The topological polar surface area (TPSA) is 79.3 Å². The van der Waals surface area contributed by atoms with Gasteiger partial charge in [-0.25, -0.2) is 9.18 Å². The van der Waals surface area contributed by atoms with Crippen LogP contribution in [-0.2, 0) is 11.2 Å². The first-order chi connectivity index (χ1) is 10.1. The van der Waals surface area contributed by atoms with Gasteiger partial charge in [0.1, 0.15) is 5.82 Å². The van der Waals surface area contributed by atoms with E-state index in [9.17, 15) is 14.0 Å². The molecule has 2 N–H and O–H groups in total. The van der Waals surface area contributed by atoms with Crippen LogP contribution in [0.15, 0.2) is 42.7 Å². The van der Waals surface area contributed by atoms with Crippen molar-refractivity contribution in [1.82, 2.24) is 4.98 Å². The molecule has 1 heterocycles.